The van der Waals surface area contributed by atoms with Crippen LogP contribution >= 0.6 is 0 Å². The Balaban J connectivity index is 6.43. The maximum absolute atomic E-state index is 13.3. The van der Waals surface area contributed by atoms with Crippen molar-refractivity contribution < 1.29 is 70.7 Å². The Labute approximate surface area is 145 Å². The molecule has 0 aliphatic rings. The van der Waals surface area contributed by atoms with Crippen molar-refractivity contribution in [1.82, 2.24) is 5.32 Å². The van der Waals surface area contributed by atoms with E-state index in [-0.39, 0.29) is 6.42 Å². The van der Waals surface area contributed by atoms with Crippen LogP contribution in [0.15, 0.2) is 0 Å². The molecule has 0 aromatic carbocycles. The molecule has 0 atom stereocenters. The molecule has 0 aliphatic carbocycles. The molecular formula is C11H8F15NO. The Morgan fingerprint density at radius 3 is 1.25 bits per heavy atom. The van der Waals surface area contributed by atoms with Crippen LogP contribution in [0.5, 0.6) is 0 Å². The second kappa shape index (κ2) is 7.03. The fourth-order valence-electron chi connectivity index (χ4n) is 1.46. The molecule has 0 aromatic rings. The van der Waals surface area contributed by atoms with Gasteiger partial charge in [-0.1, -0.05) is 6.92 Å². The summed E-state index contributed by atoms with van der Waals surface area (Å²) in [5, 5.41) is 0.833. The monoisotopic (exact) mass is 455 g/mol. The fraction of sp³-hybridized carbons (Fsp3) is 0.909. The van der Waals surface area contributed by atoms with Gasteiger partial charge in [0.25, 0.3) is 5.91 Å². The summed E-state index contributed by atoms with van der Waals surface area (Å²) in [7, 11) is 0. The van der Waals surface area contributed by atoms with E-state index in [1.807, 2.05) is 0 Å². The van der Waals surface area contributed by atoms with Crippen LogP contribution in [0, 0.1) is 0 Å². The van der Waals surface area contributed by atoms with E-state index in [9.17, 15) is 70.7 Å². The lowest BCUT2D eigenvalue weighted by Crippen LogP contribution is -2.74. The van der Waals surface area contributed by atoms with Gasteiger partial charge in [0, 0.05) is 6.54 Å². The summed E-state index contributed by atoms with van der Waals surface area (Å²) in [6.07, 6.45) is -7.96. The molecule has 1 N–H and O–H groups in total. The van der Waals surface area contributed by atoms with Gasteiger partial charge >= 0.3 is 41.7 Å². The number of rotatable bonds is 8. The topological polar surface area (TPSA) is 29.1 Å². The third-order valence-electron chi connectivity index (χ3n) is 3.15. The highest BCUT2D eigenvalue weighted by atomic mass is 19.4. The fourth-order valence-corrected chi connectivity index (χ4v) is 1.46. The summed E-state index contributed by atoms with van der Waals surface area (Å²) in [5.74, 6) is -51.1. The SMILES string of the molecule is CCCNC(=O)C(F)(F)C(F)(F)C(F)(F)C(F)(F)C(F)(F)C(F)(F)C(F)(F)F. The smallest absolute Gasteiger partial charge is 0.351 e. The second-order valence-corrected chi connectivity index (χ2v) is 5.20. The van der Waals surface area contributed by atoms with E-state index in [1.54, 1.807) is 0 Å². The van der Waals surface area contributed by atoms with E-state index in [0.29, 0.717) is 0 Å². The molecule has 0 heterocycles. The summed E-state index contributed by atoms with van der Waals surface area (Å²) in [4.78, 5) is 10.8. The van der Waals surface area contributed by atoms with Crippen molar-refractivity contribution in [3.8, 4) is 0 Å². The zero-order chi connectivity index (χ0) is 23.2. The zero-order valence-corrected chi connectivity index (χ0v) is 13.0. The van der Waals surface area contributed by atoms with Crippen LogP contribution in [0.25, 0.3) is 0 Å². The molecule has 0 radical (unpaired) electrons. The molecule has 0 saturated carbocycles. The molecule has 0 aliphatic heterocycles. The van der Waals surface area contributed by atoms with Crippen molar-refractivity contribution >= 4 is 5.91 Å². The lowest BCUT2D eigenvalue weighted by molar-refractivity contribution is -0.449. The minimum atomic E-state index is -8.39. The summed E-state index contributed by atoms with van der Waals surface area (Å²) in [6.45, 7) is 0.188. The standard InChI is InChI=1S/C11H8F15NO/c1-2-3-27-4(28)5(12,13)6(14,15)7(16,17)8(18,19)9(20,21)10(22,23)11(24,25)26/h2-3H2,1H3,(H,27,28). The molecule has 0 aromatic heterocycles. The molecule has 0 saturated heterocycles. The van der Waals surface area contributed by atoms with Crippen LogP contribution in [0.2, 0.25) is 0 Å². The molecule has 0 unspecified atom stereocenters. The summed E-state index contributed by atoms with van der Waals surface area (Å²) >= 11 is 0. The first-order valence-corrected chi connectivity index (χ1v) is 6.60. The molecular weight excluding hydrogens is 447 g/mol. The Bertz CT molecular complexity index is 579. The molecule has 0 rings (SSSR count). The minimum Gasteiger partial charge on any atom is -0.351 e. The number of amides is 1. The quantitative estimate of drug-likeness (QED) is 0.520. The van der Waals surface area contributed by atoms with Crippen LogP contribution < -0.4 is 5.32 Å². The first-order chi connectivity index (χ1) is 12.0. The Hall–Kier alpha value is -1.58. The van der Waals surface area contributed by atoms with Crippen molar-refractivity contribution in [3.05, 3.63) is 0 Å². The average molecular weight is 455 g/mol. The molecule has 28 heavy (non-hydrogen) atoms. The number of hydrogen-bond donors (Lipinski definition) is 1. The molecule has 0 fully saturated rings. The number of carbonyl (C=O) groups is 1. The average Bonchev–Trinajstić information content (AvgIpc) is 2.50. The highest BCUT2D eigenvalue weighted by Crippen LogP contribution is 2.62. The maximum atomic E-state index is 13.3. The third-order valence-corrected chi connectivity index (χ3v) is 3.15. The second-order valence-electron chi connectivity index (χ2n) is 5.20. The first-order valence-electron chi connectivity index (χ1n) is 6.60. The molecule has 0 bridgehead atoms. The normalized spacial score (nSPS) is 15.6. The van der Waals surface area contributed by atoms with Crippen molar-refractivity contribution in [1.29, 1.82) is 0 Å². The van der Waals surface area contributed by atoms with E-state index in [1.165, 1.54) is 0 Å². The van der Waals surface area contributed by atoms with E-state index >= 15 is 0 Å². The first kappa shape index (κ1) is 26.4. The maximum Gasteiger partial charge on any atom is 0.460 e. The zero-order valence-electron chi connectivity index (χ0n) is 13.0. The van der Waals surface area contributed by atoms with Gasteiger partial charge in [0.05, 0.1) is 0 Å². The van der Waals surface area contributed by atoms with Gasteiger partial charge in [-0.3, -0.25) is 4.79 Å². The van der Waals surface area contributed by atoms with E-state index in [4.69, 9.17) is 0 Å². The largest absolute Gasteiger partial charge is 0.460 e. The number of nitrogens with one attached hydrogen (secondary N) is 1. The van der Waals surface area contributed by atoms with Crippen LogP contribution in [0.1, 0.15) is 13.3 Å². The van der Waals surface area contributed by atoms with Gasteiger partial charge in [0.2, 0.25) is 0 Å². The van der Waals surface area contributed by atoms with E-state index in [0.717, 1.165) is 12.2 Å². The summed E-state index contributed by atoms with van der Waals surface area (Å²) < 4.78 is 192. The molecule has 17 heteroatoms. The van der Waals surface area contributed by atoms with Crippen molar-refractivity contribution in [3.63, 3.8) is 0 Å². The molecule has 168 valence electrons. The van der Waals surface area contributed by atoms with Crippen LogP contribution in [0.3, 0.4) is 0 Å². The third kappa shape index (κ3) is 3.44. The highest BCUT2D eigenvalue weighted by Gasteiger charge is 2.94. The summed E-state index contributed by atoms with van der Waals surface area (Å²) in [5.41, 5.74) is 0. The summed E-state index contributed by atoms with van der Waals surface area (Å²) in [6, 6.07) is 0. The van der Waals surface area contributed by atoms with Crippen LogP contribution in [-0.4, -0.2) is 54.2 Å². The number of hydrogen-bond acceptors (Lipinski definition) is 1. The number of alkyl halides is 15. The van der Waals surface area contributed by atoms with Gasteiger partial charge in [0.1, 0.15) is 0 Å². The Kier molecular flexibility index (Phi) is 6.64. The van der Waals surface area contributed by atoms with Gasteiger partial charge in [-0.15, -0.1) is 0 Å². The van der Waals surface area contributed by atoms with E-state index < -0.39 is 54.2 Å². The predicted molar refractivity (Wildman–Crippen MR) is 59.0 cm³/mol. The van der Waals surface area contributed by atoms with Gasteiger partial charge < -0.3 is 5.32 Å². The van der Waals surface area contributed by atoms with E-state index in [2.05, 4.69) is 0 Å². The van der Waals surface area contributed by atoms with Crippen molar-refractivity contribution in [2.75, 3.05) is 6.54 Å². The van der Waals surface area contributed by atoms with Gasteiger partial charge in [0.15, 0.2) is 0 Å². The van der Waals surface area contributed by atoms with Crippen LogP contribution in [-0.2, 0) is 4.79 Å². The van der Waals surface area contributed by atoms with Gasteiger partial charge in [-0.2, -0.15) is 65.9 Å². The van der Waals surface area contributed by atoms with Crippen LogP contribution in [0.4, 0.5) is 65.9 Å². The Morgan fingerprint density at radius 1 is 0.607 bits per heavy atom. The number of carbonyl (C=O) groups excluding carboxylic acids is 1. The lowest BCUT2D eigenvalue weighted by atomic mass is 9.91. The van der Waals surface area contributed by atoms with Crippen molar-refractivity contribution in [2.45, 2.75) is 55.1 Å². The minimum absolute atomic E-state index is 0.296. The Morgan fingerprint density at radius 2 is 0.929 bits per heavy atom. The van der Waals surface area contributed by atoms with Gasteiger partial charge in [-0.25, -0.2) is 0 Å². The molecule has 1 amide bonds. The van der Waals surface area contributed by atoms with Gasteiger partial charge in [-0.05, 0) is 6.42 Å². The lowest BCUT2D eigenvalue weighted by Gasteiger charge is -2.41. The predicted octanol–water partition coefficient (Wildman–Crippen LogP) is 4.89. The molecule has 2 nitrogen and oxygen atoms in total. The highest BCUT2D eigenvalue weighted by molar-refractivity contribution is 5.84. The molecule has 0 spiro atoms. The van der Waals surface area contributed by atoms with Crippen molar-refractivity contribution in [2.24, 2.45) is 0 Å². The number of halogens is 15.